The Hall–Kier alpha value is -1.41. The number of cyclic esters (lactones) is 1. The van der Waals surface area contributed by atoms with Crippen molar-refractivity contribution in [3.63, 3.8) is 0 Å². The molecule has 94 valence electrons. The molecule has 1 unspecified atom stereocenters. The number of thioether (sulfide) groups is 1. The van der Waals surface area contributed by atoms with Gasteiger partial charge >= 0.3 is 5.97 Å². The van der Waals surface area contributed by atoms with Crippen molar-refractivity contribution in [3.05, 3.63) is 22.4 Å². The summed E-state index contributed by atoms with van der Waals surface area (Å²) in [5.41, 5.74) is 0. The van der Waals surface area contributed by atoms with Crippen molar-refractivity contribution in [1.29, 1.82) is 0 Å². The highest BCUT2D eigenvalue weighted by atomic mass is 32.2. The molecule has 1 aliphatic heterocycles. The molecule has 0 spiro atoms. The largest absolute Gasteiger partial charge is 0.465 e. The predicted octanol–water partition coefficient (Wildman–Crippen LogP) is 1.19. The van der Waals surface area contributed by atoms with Crippen LogP contribution in [0.2, 0.25) is 0 Å². The molecule has 0 aromatic carbocycles. The number of aromatic nitrogens is 4. The molecule has 6 nitrogen and oxygen atoms in total. The first-order valence-corrected chi connectivity index (χ1v) is 7.21. The van der Waals surface area contributed by atoms with E-state index in [1.54, 1.807) is 16.0 Å². The molecule has 1 atom stereocenters. The Labute approximate surface area is 111 Å². The number of ether oxygens (including phenoxy) is 1. The van der Waals surface area contributed by atoms with Crippen molar-refractivity contribution in [2.24, 2.45) is 0 Å². The fraction of sp³-hybridized carbons (Fsp3) is 0.400. The molecule has 3 rings (SSSR count). The third-order valence-corrected chi connectivity index (χ3v) is 4.60. The second-order valence-corrected chi connectivity index (χ2v) is 5.96. The molecule has 0 aliphatic carbocycles. The zero-order valence-electron chi connectivity index (χ0n) is 9.35. The molecule has 8 heteroatoms. The van der Waals surface area contributed by atoms with Crippen molar-refractivity contribution in [3.8, 4) is 0 Å². The van der Waals surface area contributed by atoms with Gasteiger partial charge in [-0.3, -0.25) is 4.79 Å². The van der Waals surface area contributed by atoms with Gasteiger partial charge in [0.15, 0.2) is 0 Å². The van der Waals surface area contributed by atoms with E-state index in [1.165, 1.54) is 16.6 Å². The van der Waals surface area contributed by atoms with Crippen molar-refractivity contribution in [1.82, 2.24) is 20.2 Å². The highest BCUT2D eigenvalue weighted by Crippen LogP contribution is 2.28. The van der Waals surface area contributed by atoms with Crippen molar-refractivity contribution >= 4 is 29.1 Å². The number of tetrazole rings is 1. The summed E-state index contributed by atoms with van der Waals surface area (Å²) in [5.74, 6) is -0.175. The Kier molecular flexibility index (Phi) is 3.28. The zero-order valence-corrected chi connectivity index (χ0v) is 11.0. The van der Waals surface area contributed by atoms with Gasteiger partial charge in [-0.2, -0.15) is 0 Å². The van der Waals surface area contributed by atoms with E-state index >= 15 is 0 Å². The third kappa shape index (κ3) is 2.39. The normalized spacial score (nSPS) is 19.1. The van der Waals surface area contributed by atoms with Gasteiger partial charge in [0.05, 0.1) is 13.2 Å². The summed E-state index contributed by atoms with van der Waals surface area (Å²) in [7, 11) is 0. The Morgan fingerprint density at radius 2 is 2.56 bits per heavy atom. The Balaban J connectivity index is 1.73. The lowest BCUT2D eigenvalue weighted by molar-refractivity contribution is -0.137. The maximum Gasteiger partial charge on any atom is 0.319 e. The number of thiophene rings is 1. The van der Waals surface area contributed by atoms with Crippen LogP contribution in [0.4, 0.5) is 0 Å². The van der Waals surface area contributed by atoms with Crippen LogP contribution in [0.15, 0.2) is 22.7 Å². The smallest absolute Gasteiger partial charge is 0.319 e. The minimum absolute atomic E-state index is 0.175. The summed E-state index contributed by atoms with van der Waals surface area (Å²) in [6, 6.07) is 4.02. The summed E-state index contributed by atoms with van der Waals surface area (Å²) in [6.45, 7) is 1.12. The molecular formula is C10H10N4O2S2. The molecular weight excluding hydrogens is 272 g/mol. The minimum Gasteiger partial charge on any atom is -0.465 e. The molecule has 1 saturated heterocycles. The second-order valence-electron chi connectivity index (χ2n) is 3.76. The van der Waals surface area contributed by atoms with Gasteiger partial charge in [0.25, 0.3) is 0 Å². The molecule has 2 aromatic rings. The molecule has 3 heterocycles. The maximum absolute atomic E-state index is 11.4. The lowest BCUT2D eigenvalue weighted by atomic mass is 10.4. The van der Waals surface area contributed by atoms with Crippen molar-refractivity contribution < 1.29 is 9.53 Å². The van der Waals surface area contributed by atoms with E-state index in [2.05, 4.69) is 15.5 Å². The summed E-state index contributed by atoms with van der Waals surface area (Å²) in [6.07, 6.45) is 0.718. The molecule has 1 fully saturated rings. The van der Waals surface area contributed by atoms with Crippen molar-refractivity contribution in [2.45, 2.75) is 23.4 Å². The fourth-order valence-electron chi connectivity index (χ4n) is 1.64. The average molecular weight is 282 g/mol. The fourth-order valence-corrected chi connectivity index (χ4v) is 3.27. The van der Waals surface area contributed by atoms with Gasteiger partial charge in [-0.15, -0.1) is 16.4 Å². The topological polar surface area (TPSA) is 69.9 Å². The molecule has 2 aromatic heterocycles. The van der Waals surface area contributed by atoms with Gasteiger partial charge in [0.1, 0.15) is 5.25 Å². The minimum atomic E-state index is -0.182. The molecule has 18 heavy (non-hydrogen) atoms. The first-order valence-electron chi connectivity index (χ1n) is 5.45. The maximum atomic E-state index is 11.4. The first-order chi connectivity index (χ1) is 8.83. The van der Waals surface area contributed by atoms with Crippen LogP contribution >= 0.6 is 23.1 Å². The van der Waals surface area contributed by atoms with E-state index in [4.69, 9.17) is 4.74 Å². The van der Waals surface area contributed by atoms with E-state index in [0.717, 1.165) is 6.42 Å². The van der Waals surface area contributed by atoms with Crippen LogP contribution in [0.3, 0.4) is 0 Å². The van der Waals surface area contributed by atoms with E-state index in [0.29, 0.717) is 18.3 Å². The van der Waals surface area contributed by atoms with Crippen molar-refractivity contribution in [2.75, 3.05) is 6.61 Å². The van der Waals surface area contributed by atoms with Gasteiger partial charge in [-0.05, 0) is 21.9 Å². The number of carbonyl (C=O) groups excluding carboxylic acids is 1. The average Bonchev–Trinajstić information content (AvgIpc) is 3.06. The van der Waals surface area contributed by atoms with E-state index in [9.17, 15) is 4.79 Å². The predicted molar refractivity (Wildman–Crippen MR) is 66.5 cm³/mol. The van der Waals surface area contributed by atoms with E-state index < -0.39 is 0 Å². The van der Waals surface area contributed by atoms with Crippen LogP contribution in [-0.2, 0) is 16.1 Å². The number of esters is 1. The Morgan fingerprint density at radius 1 is 1.61 bits per heavy atom. The molecule has 0 saturated carbocycles. The first kappa shape index (κ1) is 11.7. The number of nitrogens with zero attached hydrogens (tertiary/aromatic N) is 4. The van der Waals surface area contributed by atoms with Crippen LogP contribution in [0.5, 0.6) is 0 Å². The van der Waals surface area contributed by atoms with Crippen LogP contribution in [0.1, 0.15) is 11.3 Å². The summed E-state index contributed by atoms with van der Waals surface area (Å²) < 4.78 is 6.63. The number of carbonyl (C=O) groups is 1. The van der Waals surface area contributed by atoms with Gasteiger partial charge in [0.2, 0.25) is 5.16 Å². The molecule has 1 aliphatic rings. The molecule has 0 amide bonds. The lowest BCUT2D eigenvalue weighted by Gasteiger charge is -2.05. The molecule has 0 bridgehead atoms. The quantitative estimate of drug-likeness (QED) is 0.785. The number of hydrogen-bond acceptors (Lipinski definition) is 7. The van der Waals surface area contributed by atoms with Crippen LogP contribution in [0, 0.1) is 0 Å². The Bertz CT molecular complexity index is 540. The molecule has 0 radical (unpaired) electrons. The van der Waals surface area contributed by atoms with Gasteiger partial charge in [0, 0.05) is 11.3 Å². The van der Waals surface area contributed by atoms with E-state index in [1.807, 2.05) is 17.5 Å². The summed E-state index contributed by atoms with van der Waals surface area (Å²) in [4.78, 5) is 12.6. The van der Waals surface area contributed by atoms with E-state index in [-0.39, 0.29) is 11.2 Å². The Morgan fingerprint density at radius 3 is 3.28 bits per heavy atom. The monoisotopic (exact) mass is 282 g/mol. The standard InChI is InChI=1S/C10H10N4O2S2/c15-9-8(3-4-16-9)18-10-11-12-13-14(10)6-7-2-1-5-17-7/h1-2,5,8H,3-4,6H2. The lowest BCUT2D eigenvalue weighted by Crippen LogP contribution is -2.12. The second kappa shape index (κ2) is 5.07. The number of rotatable bonds is 4. The highest BCUT2D eigenvalue weighted by Gasteiger charge is 2.29. The summed E-state index contributed by atoms with van der Waals surface area (Å²) in [5, 5.41) is 14.1. The van der Waals surface area contributed by atoms with Gasteiger partial charge < -0.3 is 4.74 Å². The van der Waals surface area contributed by atoms with Gasteiger partial charge in [-0.25, -0.2) is 4.68 Å². The van der Waals surface area contributed by atoms with Gasteiger partial charge in [-0.1, -0.05) is 17.8 Å². The SMILES string of the molecule is O=C1OCCC1Sc1nnnn1Cc1cccs1. The summed E-state index contributed by atoms with van der Waals surface area (Å²) >= 11 is 3.03. The molecule has 0 N–H and O–H groups in total. The third-order valence-electron chi connectivity index (χ3n) is 2.52. The van der Waals surface area contributed by atoms with Crippen LogP contribution < -0.4 is 0 Å². The van der Waals surface area contributed by atoms with Crippen LogP contribution in [-0.4, -0.2) is 38.0 Å². The highest BCUT2D eigenvalue weighted by molar-refractivity contribution is 8.00. The van der Waals surface area contributed by atoms with Crippen LogP contribution in [0.25, 0.3) is 0 Å². The number of hydrogen-bond donors (Lipinski definition) is 0. The zero-order chi connectivity index (χ0) is 12.4.